The number of benzene rings is 3. The van der Waals surface area contributed by atoms with Crippen molar-refractivity contribution in [2.75, 3.05) is 5.32 Å². The lowest BCUT2D eigenvalue weighted by atomic mass is 9.96. The molecule has 29 heavy (non-hydrogen) atoms. The van der Waals surface area contributed by atoms with E-state index in [2.05, 4.69) is 21.2 Å². The van der Waals surface area contributed by atoms with Gasteiger partial charge in [-0.1, -0.05) is 63.4 Å². The Bertz CT molecular complexity index is 1020. The maximum atomic E-state index is 11.1. The smallest absolute Gasteiger partial charge is 0.271 e. The zero-order valence-corrected chi connectivity index (χ0v) is 18.2. The number of non-ortho nitro benzene ring substituents is 1. The summed E-state index contributed by atoms with van der Waals surface area (Å²) in [4.78, 5) is 10.6. The molecule has 0 radical (unpaired) electrons. The molecule has 0 aliphatic heterocycles. The van der Waals surface area contributed by atoms with Crippen molar-refractivity contribution in [3.63, 3.8) is 0 Å². The summed E-state index contributed by atoms with van der Waals surface area (Å²) in [7, 11) is 0. The molecule has 0 saturated heterocycles. The first-order chi connectivity index (χ1) is 13.8. The van der Waals surface area contributed by atoms with Gasteiger partial charge in [-0.3, -0.25) is 10.1 Å². The molecule has 0 heterocycles. The summed E-state index contributed by atoms with van der Waals surface area (Å²) in [5.41, 5.74) is 2.12. The Balaban J connectivity index is 1.90. The molecule has 0 aliphatic rings. The van der Waals surface area contributed by atoms with Crippen LogP contribution in [0.2, 0.25) is 10.0 Å². The van der Waals surface area contributed by atoms with Crippen LogP contribution in [0.4, 0.5) is 11.4 Å². The first kappa shape index (κ1) is 21.6. The van der Waals surface area contributed by atoms with E-state index in [1.165, 1.54) is 12.1 Å². The molecule has 0 saturated carbocycles. The molecule has 3 rings (SSSR count). The molecule has 0 bridgehead atoms. The molecular weight excluding hydrogens is 479 g/mol. The number of aliphatic hydroxyl groups excluding tert-OH is 1. The average Bonchev–Trinajstić information content (AvgIpc) is 2.70. The predicted octanol–water partition coefficient (Wildman–Crippen LogP) is 6.94. The zero-order chi connectivity index (χ0) is 21.0. The van der Waals surface area contributed by atoms with Crippen LogP contribution >= 0.6 is 39.1 Å². The van der Waals surface area contributed by atoms with E-state index in [9.17, 15) is 15.2 Å². The third-order valence-corrected chi connectivity index (χ3v) is 5.73. The van der Waals surface area contributed by atoms with Gasteiger partial charge in [0.2, 0.25) is 0 Å². The molecule has 8 heteroatoms. The Morgan fingerprint density at radius 3 is 2.34 bits per heavy atom. The molecule has 0 aromatic heterocycles. The minimum Gasteiger partial charge on any atom is -0.388 e. The van der Waals surface area contributed by atoms with Gasteiger partial charge in [0.1, 0.15) is 0 Å². The van der Waals surface area contributed by atoms with Gasteiger partial charge in [0, 0.05) is 28.7 Å². The molecule has 0 amide bonds. The van der Waals surface area contributed by atoms with Crippen LogP contribution in [-0.2, 0) is 0 Å². The van der Waals surface area contributed by atoms with Gasteiger partial charge in [-0.2, -0.15) is 0 Å². The Hall–Kier alpha value is -2.12. The van der Waals surface area contributed by atoms with Crippen LogP contribution in [0.3, 0.4) is 0 Å². The van der Waals surface area contributed by atoms with Gasteiger partial charge in [0.15, 0.2) is 0 Å². The molecule has 3 aromatic rings. The van der Waals surface area contributed by atoms with E-state index in [-0.39, 0.29) is 11.7 Å². The standard InChI is InChI=1S/C21H17BrCl2N2O3/c22-15-7-4-13(5-8-15)21(27)12-20(14-6-9-18(23)19(24)10-14)25-16-2-1-3-17(11-16)26(28)29/h1-11,20-21,25,27H,12H2. The van der Waals surface area contributed by atoms with E-state index in [0.717, 1.165) is 15.6 Å². The molecule has 0 fully saturated rings. The van der Waals surface area contributed by atoms with Crippen molar-refractivity contribution in [2.24, 2.45) is 0 Å². The van der Waals surface area contributed by atoms with Crippen LogP contribution in [0.5, 0.6) is 0 Å². The van der Waals surface area contributed by atoms with Crippen LogP contribution in [0.1, 0.15) is 29.7 Å². The highest BCUT2D eigenvalue weighted by molar-refractivity contribution is 9.10. The van der Waals surface area contributed by atoms with Gasteiger partial charge in [0.05, 0.1) is 27.1 Å². The fraction of sp³-hybridized carbons (Fsp3) is 0.143. The molecular formula is C21H17BrCl2N2O3. The van der Waals surface area contributed by atoms with Gasteiger partial charge < -0.3 is 10.4 Å². The molecule has 150 valence electrons. The number of nitrogens with zero attached hydrogens (tertiary/aromatic N) is 1. The summed E-state index contributed by atoms with van der Waals surface area (Å²) >= 11 is 15.6. The monoisotopic (exact) mass is 494 g/mol. The van der Waals surface area contributed by atoms with Crippen LogP contribution in [-0.4, -0.2) is 10.0 Å². The summed E-state index contributed by atoms with van der Waals surface area (Å²) in [6.07, 6.45) is -0.434. The number of nitro benzene ring substituents is 1. The van der Waals surface area contributed by atoms with Crippen molar-refractivity contribution in [1.82, 2.24) is 0 Å². The third-order valence-electron chi connectivity index (χ3n) is 4.46. The lowest BCUT2D eigenvalue weighted by Crippen LogP contribution is -2.15. The van der Waals surface area contributed by atoms with Crippen molar-refractivity contribution in [3.8, 4) is 0 Å². The largest absolute Gasteiger partial charge is 0.388 e. The third kappa shape index (κ3) is 5.70. The second kappa shape index (κ2) is 9.59. The van der Waals surface area contributed by atoms with Crippen LogP contribution < -0.4 is 5.32 Å². The highest BCUT2D eigenvalue weighted by Gasteiger charge is 2.20. The predicted molar refractivity (Wildman–Crippen MR) is 120 cm³/mol. The number of hydrogen-bond donors (Lipinski definition) is 2. The highest BCUT2D eigenvalue weighted by atomic mass is 79.9. The Morgan fingerprint density at radius 1 is 1.00 bits per heavy atom. The van der Waals surface area contributed by atoms with Crippen molar-refractivity contribution < 1.29 is 10.0 Å². The summed E-state index contributed by atoms with van der Waals surface area (Å²) < 4.78 is 0.921. The minimum atomic E-state index is -0.756. The van der Waals surface area contributed by atoms with Gasteiger partial charge >= 0.3 is 0 Å². The van der Waals surface area contributed by atoms with Crippen LogP contribution in [0.25, 0.3) is 0 Å². The minimum absolute atomic E-state index is 0.0173. The fourth-order valence-corrected chi connectivity index (χ4v) is 3.53. The number of anilines is 1. The Kier molecular flexibility index (Phi) is 7.14. The lowest BCUT2D eigenvalue weighted by molar-refractivity contribution is -0.384. The second-order valence-corrected chi connectivity index (χ2v) is 8.21. The van der Waals surface area contributed by atoms with E-state index >= 15 is 0 Å². The number of nitro groups is 1. The molecule has 0 spiro atoms. The van der Waals surface area contributed by atoms with Crippen molar-refractivity contribution in [2.45, 2.75) is 18.6 Å². The SMILES string of the molecule is O=[N+]([O-])c1cccc(NC(CC(O)c2ccc(Br)cc2)c2ccc(Cl)c(Cl)c2)c1. The first-order valence-corrected chi connectivity index (χ1v) is 10.3. The topological polar surface area (TPSA) is 75.4 Å². The van der Waals surface area contributed by atoms with Gasteiger partial charge in [-0.05, 0) is 41.5 Å². The molecule has 2 N–H and O–H groups in total. The van der Waals surface area contributed by atoms with Gasteiger partial charge in [0.25, 0.3) is 5.69 Å². The van der Waals surface area contributed by atoms with Gasteiger partial charge in [-0.25, -0.2) is 0 Å². The molecule has 2 unspecified atom stereocenters. The maximum absolute atomic E-state index is 11.1. The number of hydrogen-bond acceptors (Lipinski definition) is 4. The highest BCUT2D eigenvalue weighted by Crippen LogP contribution is 2.34. The van der Waals surface area contributed by atoms with Crippen molar-refractivity contribution in [1.29, 1.82) is 0 Å². The summed E-state index contributed by atoms with van der Waals surface area (Å²) in [5, 5.41) is 25.9. The molecule has 0 aliphatic carbocycles. The number of nitrogens with one attached hydrogen (secondary N) is 1. The molecule has 2 atom stereocenters. The fourth-order valence-electron chi connectivity index (χ4n) is 2.96. The lowest BCUT2D eigenvalue weighted by Gasteiger charge is -2.24. The van der Waals surface area contributed by atoms with Crippen LogP contribution in [0, 0.1) is 10.1 Å². The Labute approximate surface area is 186 Å². The van der Waals surface area contributed by atoms with E-state index in [0.29, 0.717) is 22.2 Å². The van der Waals surface area contributed by atoms with Crippen LogP contribution in [0.15, 0.2) is 71.2 Å². The van der Waals surface area contributed by atoms with Crippen molar-refractivity contribution >= 4 is 50.5 Å². The zero-order valence-electron chi connectivity index (χ0n) is 15.1. The summed E-state index contributed by atoms with van der Waals surface area (Å²) in [6, 6.07) is 18.5. The molecule has 5 nitrogen and oxygen atoms in total. The van der Waals surface area contributed by atoms with E-state index < -0.39 is 11.0 Å². The Morgan fingerprint density at radius 2 is 1.69 bits per heavy atom. The van der Waals surface area contributed by atoms with E-state index in [1.54, 1.807) is 24.3 Å². The first-order valence-electron chi connectivity index (χ1n) is 8.73. The van der Waals surface area contributed by atoms with E-state index in [4.69, 9.17) is 23.2 Å². The summed E-state index contributed by atoms with van der Waals surface area (Å²) in [6.45, 7) is 0. The normalized spacial score (nSPS) is 13.0. The van der Waals surface area contributed by atoms with Gasteiger partial charge in [-0.15, -0.1) is 0 Å². The molecule has 3 aromatic carbocycles. The van der Waals surface area contributed by atoms with Crippen molar-refractivity contribution in [3.05, 3.63) is 102 Å². The average molecular weight is 496 g/mol. The number of halogens is 3. The van der Waals surface area contributed by atoms with E-state index in [1.807, 2.05) is 30.3 Å². The number of aliphatic hydroxyl groups is 1. The maximum Gasteiger partial charge on any atom is 0.271 e. The second-order valence-electron chi connectivity index (χ2n) is 6.48. The number of rotatable bonds is 7. The summed E-state index contributed by atoms with van der Waals surface area (Å²) in [5.74, 6) is 0. The quantitative estimate of drug-likeness (QED) is 0.275.